The Hall–Kier alpha value is -4.71. The standard InChI is InChI=1S/C27H25N7O2/c1-3-7-22(35)33(2)20-14-21(15-20)34-26-23(25(28)29-16-30-26)24(32-34)17-10-12-18(13-11-17)27(36)31-19-8-5-4-6-9-19/h4-6,8-13,16,20-21H,14-15H2,1-2H3,(H,31,36)(H2,28,29,30)/t20-,21+. The molecule has 5 rings (SSSR count). The maximum atomic E-state index is 12.6. The van der Waals surface area contributed by atoms with Crippen LogP contribution in [0.2, 0.25) is 0 Å². The van der Waals surface area contributed by atoms with Crippen molar-refractivity contribution in [1.29, 1.82) is 0 Å². The molecule has 9 nitrogen and oxygen atoms in total. The number of amides is 2. The minimum absolute atomic E-state index is 0.0707. The Morgan fingerprint density at radius 3 is 2.50 bits per heavy atom. The van der Waals surface area contributed by atoms with Crippen molar-refractivity contribution < 1.29 is 9.59 Å². The van der Waals surface area contributed by atoms with Gasteiger partial charge in [0.05, 0.1) is 11.4 Å². The highest BCUT2D eigenvalue weighted by Crippen LogP contribution is 2.39. The van der Waals surface area contributed by atoms with Crippen molar-refractivity contribution in [1.82, 2.24) is 24.6 Å². The van der Waals surface area contributed by atoms with Gasteiger partial charge in [-0.2, -0.15) is 5.10 Å². The highest BCUT2D eigenvalue weighted by atomic mass is 16.2. The van der Waals surface area contributed by atoms with Crippen LogP contribution in [0, 0.1) is 11.8 Å². The lowest BCUT2D eigenvalue weighted by molar-refractivity contribution is -0.128. The number of carbonyl (C=O) groups is 2. The van der Waals surface area contributed by atoms with Crippen molar-refractivity contribution in [2.75, 3.05) is 18.1 Å². The molecule has 0 unspecified atom stereocenters. The Bertz CT molecular complexity index is 1490. The third-order valence-corrected chi connectivity index (χ3v) is 6.50. The maximum Gasteiger partial charge on any atom is 0.298 e. The smallest absolute Gasteiger partial charge is 0.298 e. The van der Waals surface area contributed by atoms with Gasteiger partial charge < -0.3 is 16.0 Å². The monoisotopic (exact) mass is 479 g/mol. The van der Waals surface area contributed by atoms with Gasteiger partial charge in [-0.15, -0.1) is 0 Å². The summed E-state index contributed by atoms with van der Waals surface area (Å²) in [4.78, 5) is 35.1. The Labute approximate surface area is 208 Å². The van der Waals surface area contributed by atoms with Gasteiger partial charge in [0.2, 0.25) is 0 Å². The van der Waals surface area contributed by atoms with Gasteiger partial charge in [-0.3, -0.25) is 9.59 Å². The molecule has 2 aromatic heterocycles. The molecular formula is C27H25N7O2. The van der Waals surface area contributed by atoms with Crippen molar-refractivity contribution in [3.8, 4) is 23.1 Å². The Morgan fingerprint density at radius 2 is 1.81 bits per heavy atom. The lowest BCUT2D eigenvalue weighted by atomic mass is 9.85. The van der Waals surface area contributed by atoms with E-state index in [2.05, 4.69) is 27.1 Å². The van der Waals surface area contributed by atoms with Crippen LogP contribution in [-0.4, -0.2) is 49.6 Å². The van der Waals surface area contributed by atoms with E-state index in [-0.39, 0.29) is 23.9 Å². The second-order valence-electron chi connectivity index (χ2n) is 8.72. The quantitative estimate of drug-likeness (QED) is 0.423. The number of benzene rings is 2. The first-order valence-electron chi connectivity index (χ1n) is 11.6. The van der Waals surface area contributed by atoms with Crippen LogP contribution in [0.3, 0.4) is 0 Å². The number of hydrogen-bond acceptors (Lipinski definition) is 6. The fraction of sp³-hybridized carbons (Fsp3) is 0.222. The van der Waals surface area contributed by atoms with Gasteiger partial charge in [0, 0.05) is 29.9 Å². The zero-order valence-electron chi connectivity index (χ0n) is 20.0. The van der Waals surface area contributed by atoms with Crippen LogP contribution >= 0.6 is 0 Å². The zero-order valence-corrected chi connectivity index (χ0v) is 20.0. The molecule has 0 atom stereocenters. The van der Waals surface area contributed by atoms with Gasteiger partial charge in [-0.1, -0.05) is 36.3 Å². The number of anilines is 2. The molecule has 1 aliphatic carbocycles. The molecule has 0 bridgehead atoms. The van der Waals surface area contributed by atoms with Crippen LogP contribution in [0.4, 0.5) is 11.5 Å². The lowest BCUT2D eigenvalue weighted by Gasteiger charge is -2.40. The average molecular weight is 480 g/mol. The first-order chi connectivity index (χ1) is 17.5. The maximum absolute atomic E-state index is 12.6. The molecule has 0 aliphatic heterocycles. The number of para-hydroxylation sites is 1. The second kappa shape index (κ2) is 9.50. The van der Waals surface area contributed by atoms with Crippen LogP contribution in [0.15, 0.2) is 60.9 Å². The summed E-state index contributed by atoms with van der Waals surface area (Å²) in [5.74, 6) is 5.20. The number of nitrogens with one attached hydrogen (secondary N) is 1. The summed E-state index contributed by atoms with van der Waals surface area (Å²) >= 11 is 0. The van der Waals surface area contributed by atoms with Gasteiger partial charge in [-0.05, 0) is 50.0 Å². The van der Waals surface area contributed by atoms with E-state index >= 15 is 0 Å². The summed E-state index contributed by atoms with van der Waals surface area (Å²) in [5, 5.41) is 8.42. The first-order valence-corrected chi connectivity index (χ1v) is 11.6. The first kappa shape index (κ1) is 23.1. The molecule has 180 valence electrons. The molecule has 4 aromatic rings. The van der Waals surface area contributed by atoms with E-state index in [9.17, 15) is 9.59 Å². The van der Waals surface area contributed by atoms with E-state index in [1.807, 2.05) is 47.1 Å². The van der Waals surface area contributed by atoms with Crippen LogP contribution in [0.25, 0.3) is 22.3 Å². The zero-order chi connectivity index (χ0) is 25.2. The largest absolute Gasteiger partial charge is 0.383 e. The summed E-state index contributed by atoms with van der Waals surface area (Å²) in [6.45, 7) is 1.65. The number of fused-ring (bicyclic) bond motifs is 1. The predicted molar refractivity (Wildman–Crippen MR) is 138 cm³/mol. The molecule has 9 heteroatoms. The minimum atomic E-state index is -0.196. The normalized spacial score (nSPS) is 16.5. The number of aromatic nitrogens is 4. The van der Waals surface area contributed by atoms with Gasteiger partial charge in [0.25, 0.3) is 11.8 Å². The summed E-state index contributed by atoms with van der Waals surface area (Å²) in [6, 6.07) is 16.7. The summed E-state index contributed by atoms with van der Waals surface area (Å²) in [6.07, 6.45) is 2.91. The van der Waals surface area contributed by atoms with Crippen LogP contribution in [0.1, 0.15) is 36.2 Å². The van der Waals surface area contributed by atoms with Gasteiger partial charge >= 0.3 is 0 Å². The molecule has 3 N–H and O–H groups in total. The number of rotatable bonds is 5. The SMILES string of the molecule is CC#CC(=O)N(C)[C@H]1C[C@@H](n2nc(-c3ccc(C(=O)Nc4ccccc4)cc3)c3c(N)ncnc32)C1. The third kappa shape index (κ3) is 4.25. The van der Waals surface area contributed by atoms with Crippen molar-refractivity contribution >= 4 is 34.4 Å². The van der Waals surface area contributed by atoms with Crippen molar-refractivity contribution in [3.05, 3.63) is 66.5 Å². The van der Waals surface area contributed by atoms with E-state index in [1.54, 1.807) is 31.0 Å². The second-order valence-corrected chi connectivity index (χ2v) is 8.72. The molecular weight excluding hydrogens is 454 g/mol. The summed E-state index contributed by atoms with van der Waals surface area (Å²) in [7, 11) is 1.77. The van der Waals surface area contributed by atoms with Crippen LogP contribution < -0.4 is 11.1 Å². The number of hydrogen-bond donors (Lipinski definition) is 2. The molecule has 0 saturated heterocycles. The van der Waals surface area contributed by atoms with Crippen molar-refractivity contribution in [3.63, 3.8) is 0 Å². The van der Waals surface area contributed by atoms with Crippen molar-refractivity contribution in [2.24, 2.45) is 0 Å². The Morgan fingerprint density at radius 1 is 1.08 bits per heavy atom. The van der Waals surface area contributed by atoms with Crippen molar-refractivity contribution in [2.45, 2.75) is 31.8 Å². The molecule has 36 heavy (non-hydrogen) atoms. The predicted octanol–water partition coefficient (Wildman–Crippen LogP) is 3.51. The fourth-order valence-corrected chi connectivity index (χ4v) is 4.39. The number of nitrogens with zero attached hydrogens (tertiary/aromatic N) is 5. The average Bonchev–Trinajstić information content (AvgIpc) is 3.24. The van der Waals surface area contributed by atoms with E-state index in [0.717, 1.165) is 24.1 Å². The van der Waals surface area contributed by atoms with E-state index in [1.165, 1.54) is 6.33 Å². The number of nitrogen functional groups attached to an aromatic ring is 1. The Kier molecular flexibility index (Phi) is 6.09. The molecule has 2 amide bonds. The number of carbonyl (C=O) groups excluding carboxylic acids is 2. The van der Waals surface area contributed by atoms with Crippen LogP contribution in [-0.2, 0) is 4.79 Å². The molecule has 0 spiro atoms. The number of nitrogens with two attached hydrogens (primary N) is 1. The lowest BCUT2D eigenvalue weighted by Crippen LogP contribution is -2.46. The summed E-state index contributed by atoms with van der Waals surface area (Å²) < 4.78 is 1.87. The van der Waals surface area contributed by atoms with Gasteiger partial charge in [-0.25, -0.2) is 14.6 Å². The van der Waals surface area contributed by atoms with Crippen LogP contribution in [0.5, 0.6) is 0 Å². The highest BCUT2D eigenvalue weighted by molar-refractivity contribution is 6.05. The molecule has 1 fully saturated rings. The topological polar surface area (TPSA) is 119 Å². The fourth-order valence-electron chi connectivity index (χ4n) is 4.39. The Balaban J connectivity index is 1.40. The van der Waals surface area contributed by atoms with E-state index < -0.39 is 0 Å². The summed E-state index contributed by atoms with van der Waals surface area (Å²) in [5.41, 5.74) is 9.61. The minimum Gasteiger partial charge on any atom is -0.383 e. The third-order valence-electron chi connectivity index (χ3n) is 6.50. The molecule has 1 aliphatic rings. The highest BCUT2D eigenvalue weighted by Gasteiger charge is 2.37. The molecule has 1 saturated carbocycles. The molecule has 2 aromatic carbocycles. The molecule has 2 heterocycles. The van der Waals surface area contributed by atoms with E-state index in [4.69, 9.17) is 10.8 Å². The van der Waals surface area contributed by atoms with Gasteiger partial charge in [0.1, 0.15) is 17.8 Å². The van der Waals surface area contributed by atoms with Gasteiger partial charge in [0.15, 0.2) is 5.65 Å². The van der Waals surface area contributed by atoms with E-state index in [0.29, 0.717) is 28.1 Å². The molecule has 0 radical (unpaired) electrons.